The van der Waals surface area contributed by atoms with E-state index >= 15 is 4.39 Å². The molecule has 5 atom stereocenters. The number of pyridine rings is 1. The minimum absolute atomic E-state index is 0.0148. The van der Waals surface area contributed by atoms with Gasteiger partial charge in [-0.05, 0) is 50.9 Å². The highest BCUT2D eigenvalue weighted by Crippen LogP contribution is 2.46. The molecule has 7 rings (SSSR count). The third kappa shape index (κ3) is 5.47. The van der Waals surface area contributed by atoms with Crippen molar-refractivity contribution in [2.75, 3.05) is 57.6 Å². The van der Waals surface area contributed by atoms with Crippen molar-refractivity contribution in [3.63, 3.8) is 0 Å². The molecule has 6 heterocycles. The number of benzene rings is 1. The lowest BCUT2D eigenvalue weighted by Gasteiger charge is -2.43. The number of likely N-dealkylation sites (N-methyl/N-ethyl adjacent to an activating group) is 1. The second-order valence-corrected chi connectivity index (χ2v) is 13.7. The van der Waals surface area contributed by atoms with E-state index in [4.69, 9.17) is 24.9 Å². The number of piperazine rings is 1. The molecule has 3 fully saturated rings. The van der Waals surface area contributed by atoms with Crippen molar-refractivity contribution < 1.29 is 31.8 Å². The molecule has 4 aliphatic heterocycles. The summed E-state index contributed by atoms with van der Waals surface area (Å²) >= 11 is 0. The highest BCUT2D eigenvalue weighted by Gasteiger charge is 2.44. The number of fused-ring (bicyclic) bond motifs is 5. The van der Waals surface area contributed by atoms with Gasteiger partial charge in [0.2, 0.25) is 5.88 Å². The minimum Gasteiger partial charge on any atom is -0.477 e. The topological polar surface area (TPSA) is 111 Å². The first-order chi connectivity index (χ1) is 21.8. The molecule has 2 aromatic heterocycles. The van der Waals surface area contributed by atoms with Crippen LogP contribution in [0.4, 0.5) is 29.1 Å². The number of hydrogen-bond acceptors (Lipinski definition) is 10. The lowest BCUT2D eigenvalue weighted by atomic mass is 9.81. The van der Waals surface area contributed by atoms with E-state index in [0.29, 0.717) is 18.8 Å². The van der Waals surface area contributed by atoms with Crippen molar-refractivity contribution in [1.29, 1.82) is 0 Å². The van der Waals surface area contributed by atoms with Crippen molar-refractivity contribution in [1.82, 2.24) is 25.2 Å². The minimum atomic E-state index is -4.79. The zero-order chi connectivity index (χ0) is 32.5. The highest BCUT2D eigenvalue weighted by molar-refractivity contribution is 5.97. The Labute approximate surface area is 264 Å². The molecular formula is C32H39F4N7O3. The number of nitrogens with one attached hydrogen (secondary N) is 1. The van der Waals surface area contributed by atoms with Gasteiger partial charge in [0.1, 0.15) is 22.4 Å². The number of alkyl halides is 3. The first-order valence-corrected chi connectivity index (χ1v) is 15.7. The van der Waals surface area contributed by atoms with Crippen LogP contribution in [0.2, 0.25) is 0 Å². The normalized spacial score (nSPS) is 28.0. The summed E-state index contributed by atoms with van der Waals surface area (Å²) in [5, 5.41) is 3.89. The maximum Gasteiger partial charge on any atom is 0.417 e. The van der Waals surface area contributed by atoms with Gasteiger partial charge in [0.15, 0.2) is 5.82 Å². The fourth-order valence-corrected chi connectivity index (χ4v) is 8.05. The molecule has 1 aromatic carbocycles. The molecule has 0 amide bonds. The van der Waals surface area contributed by atoms with Crippen LogP contribution in [0.15, 0.2) is 12.1 Å². The van der Waals surface area contributed by atoms with E-state index in [0.717, 1.165) is 38.4 Å². The monoisotopic (exact) mass is 645 g/mol. The Morgan fingerprint density at radius 2 is 1.96 bits per heavy atom. The van der Waals surface area contributed by atoms with E-state index < -0.39 is 28.8 Å². The third-order valence-electron chi connectivity index (χ3n) is 9.86. The molecule has 0 saturated carbocycles. The number of ether oxygens (including phenoxy) is 3. The number of anilines is 2. The van der Waals surface area contributed by atoms with Crippen molar-refractivity contribution in [3.8, 4) is 23.1 Å². The second kappa shape index (κ2) is 11.3. The average molecular weight is 646 g/mol. The lowest BCUT2D eigenvalue weighted by Crippen LogP contribution is -2.59. The molecule has 10 nitrogen and oxygen atoms in total. The molecule has 3 N–H and O–H groups in total. The summed E-state index contributed by atoms with van der Waals surface area (Å²) in [6, 6.07) is 2.69. The number of nitrogens with zero attached hydrogens (tertiary/aromatic N) is 5. The Hall–Kier alpha value is -3.49. The van der Waals surface area contributed by atoms with Crippen LogP contribution in [0.25, 0.3) is 22.2 Å². The van der Waals surface area contributed by atoms with E-state index in [1.807, 2.05) is 7.05 Å². The molecule has 4 aliphatic rings. The SMILES string of the molecule is COC1CN(C)CC(C)(COc2nc3c4c(nc(-c5cc(N)cc(C)c5C(F)(F)F)c(F)c4n2)OCC[C@@H]2[C@@H]4CC[C@H](CN32)N4)C1. The predicted octanol–water partition coefficient (Wildman–Crippen LogP) is 4.57. The third-order valence-corrected chi connectivity index (χ3v) is 9.86. The van der Waals surface area contributed by atoms with Crippen molar-refractivity contribution in [3.05, 3.63) is 29.1 Å². The number of hydrogen-bond donors (Lipinski definition) is 2. The highest BCUT2D eigenvalue weighted by atomic mass is 19.4. The van der Waals surface area contributed by atoms with Crippen LogP contribution in [0.3, 0.4) is 0 Å². The summed E-state index contributed by atoms with van der Waals surface area (Å²) in [5.41, 5.74) is 3.34. The van der Waals surface area contributed by atoms with Crippen molar-refractivity contribution >= 4 is 22.4 Å². The van der Waals surface area contributed by atoms with Crippen LogP contribution >= 0.6 is 0 Å². The number of aryl methyl sites for hydroxylation is 1. The van der Waals surface area contributed by atoms with E-state index in [-0.39, 0.29) is 76.9 Å². The van der Waals surface area contributed by atoms with Crippen molar-refractivity contribution in [2.45, 2.75) is 69.9 Å². The van der Waals surface area contributed by atoms with Crippen LogP contribution in [-0.2, 0) is 10.9 Å². The number of nitrogen functional groups attached to an aromatic ring is 1. The summed E-state index contributed by atoms with van der Waals surface area (Å²) in [4.78, 5) is 18.1. The zero-order valence-electron chi connectivity index (χ0n) is 26.4. The van der Waals surface area contributed by atoms with Crippen LogP contribution in [0, 0.1) is 18.2 Å². The molecule has 46 heavy (non-hydrogen) atoms. The first kappa shape index (κ1) is 31.1. The molecule has 14 heteroatoms. The zero-order valence-corrected chi connectivity index (χ0v) is 26.4. The summed E-state index contributed by atoms with van der Waals surface area (Å²) in [5.74, 6) is -0.629. The number of methoxy groups -OCH3 is 1. The number of aromatic nitrogens is 3. The summed E-state index contributed by atoms with van der Waals surface area (Å²) in [6.07, 6.45) is -1.42. The fraction of sp³-hybridized carbons (Fsp3) is 0.594. The van der Waals surface area contributed by atoms with Crippen LogP contribution in [0.5, 0.6) is 11.9 Å². The molecule has 0 radical (unpaired) electrons. The molecule has 3 aromatic rings. The lowest BCUT2D eigenvalue weighted by molar-refractivity contribution is -0.137. The Bertz CT molecular complexity index is 1670. The van der Waals surface area contributed by atoms with Crippen LogP contribution in [-0.4, -0.2) is 91.1 Å². The maximum atomic E-state index is 16.8. The Morgan fingerprint density at radius 3 is 2.72 bits per heavy atom. The van der Waals surface area contributed by atoms with Gasteiger partial charge < -0.3 is 35.1 Å². The van der Waals surface area contributed by atoms with Gasteiger partial charge in [-0.1, -0.05) is 6.92 Å². The van der Waals surface area contributed by atoms with E-state index in [2.05, 4.69) is 32.0 Å². The standard InChI is InChI=1S/C32H39F4N7O3/c1-16-9-17(37)10-20(24(16)32(34,35)36)26-25(33)27-23-28(41-30(40-27)46-15-31(2)11-19(44-4)13-42(3)14-31)43-12-18-5-6-21(38-18)22(43)7-8-45-29(23)39-26/h9-10,18-19,21-22,38H,5-8,11-15,37H2,1-4H3/t18-,19?,21+,22-,31?/m1/s1. The van der Waals surface area contributed by atoms with Crippen LogP contribution in [0.1, 0.15) is 43.7 Å². The first-order valence-electron chi connectivity index (χ1n) is 15.7. The molecule has 2 bridgehead atoms. The molecular weight excluding hydrogens is 606 g/mol. The summed E-state index contributed by atoms with van der Waals surface area (Å²) in [7, 11) is 3.70. The molecule has 0 spiro atoms. The molecule has 0 aliphatic carbocycles. The number of halogens is 4. The summed E-state index contributed by atoms with van der Waals surface area (Å²) in [6.45, 7) is 6.01. The molecule has 248 valence electrons. The van der Waals surface area contributed by atoms with Crippen LogP contribution < -0.4 is 25.4 Å². The van der Waals surface area contributed by atoms with Gasteiger partial charge in [-0.3, -0.25) is 0 Å². The van der Waals surface area contributed by atoms with E-state index in [9.17, 15) is 13.2 Å². The number of nitrogens with two attached hydrogens (primary N) is 1. The summed E-state index contributed by atoms with van der Waals surface area (Å²) < 4.78 is 78.0. The average Bonchev–Trinajstić information content (AvgIpc) is 3.37. The number of piperidine rings is 1. The second-order valence-electron chi connectivity index (χ2n) is 13.7. The largest absolute Gasteiger partial charge is 0.477 e. The fourth-order valence-electron chi connectivity index (χ4n) is 8.05. The number of rotatable bonds is 5. The smallest absolute Gasteiger partial charge is 0.417 e. The quantitative estimate of drug-likeness (QED) is 0.303. The Kier molecular flexibility index (Phi) is 7.67. The van der Waals surface area contributed by atoms with Gasteiger partial charge in [0, 0.05) is 68.0 Å². The Morgan fingerprint density at radius 1 is 1.15 bits per heavy atom. The van der Waals surface area contributed by atoms with Crippen molar-refractivity contribution in [2.24, 2.45) is 5.41 Å². The number of likely N-dealkylation sites (tertiary alicyclic amines) is 1. The van der Waals surface area contributed by atoms with E-state index in [1.165, 1.54) is 13.0 Å². The van der Waals surface area contributed by atoms with Gasteiger partial charge in [0.25, 0.3) is 0 Å². The van der Waals surface area contributed by atoms with E-state index in [1.54, 1.807) is 7.11 Å². The molecule has 2 unspecified atom stereocenters. The molecule has 3 saturated heterocycles. The van der Waals surface area contributed by atoms with Gasteiger partial charge >= 0.3 is 12.2 Å². The van der Waals surface area contributed by atoms with Gasteiger partial charge in [-0.2, -0.15) is 23.1 Å². The van der Waals surface area contributed by atoms with Gasteiger partial charge in [0.05, 0.1) is 24.9 Å². The maximum absolute atomic E-state index is 16.8. The van der Waals surface area contributed by atoms with Gasteiger partial charge in [-0.15, -0.1) is 0 Å². The Balaban J connectivity index is 1.40. The predicted molar refractivity (Wildman–Crippen MR) is 165 cm³/mol. The van der Waals surface area contributed by atoms with Gasteiger partial charge in [-0.25, -0.2) is 9.37 Å².